The molecule has 0 fully saturated rings. The fourth-order valence-corrected chi connectivity index (χ4v) is 2.26. The number of rotatable bonds is 3. The van der Waals surface area contributed by atoms with Crippen molar-refractivity contribution in [3.63, 3.8) is 0 Å². The molecule has 0 aliphatic rings. The van der Waals surface area contributed by atoms with Gasteiger partial charge in [0.05, 0.1) is 5.69 Å². The molecule has 0 amide bonds. The van der Waals surface area contributed by atoms with Crippen molar-refractivity contribution in [2.24, 2.45) is 0 Å². The van der Waals surface area contributed by atoms with E-state index in [9.17, 15) is 5.11 Å². The smallest absolute Gasteiger partial charge is 0.221 e. The van der Waals surface area contributed by atoms with E-state index in [0.29, 0.717) is 16.0 Å². The summed E-state index contributed by atoms with van der Waals surface area (Å²) in [6.45, 7) is 0. The molecular formula is C12H7N7OS. The zero-order valence-corrected chi connectivity index (χ0v) is 11.3. The van der Waals surface area contributed by atoms with E-state index < -0.39 is 0 Å². The first-order valence-corrected chi connectivity index (χ1v) is 6.57. The highest BCUT2D eigenvalue weighted by Gasteiger charge is 2.12. The van der Waals surface area contributed by atoms with Crippen LogP contribution in [0.3, 0.4) is 0 Å². The van der Waals surface area contributed by atoms with E-state index in [-0.39, 0.29) is 11.4 Å². The van der Waals surface area contributed by atoms with Gasteiger partial charge in [-0.1, -0.05) is 0 Å². The summed E-state index contributed by atoms with van der Waals surface area (Å²) < 4.78 is 1.49. The minimum absolute atomic E-state index is 0.158. The fourth-order valence-electron chi connectivity index (χ4n) is 1.53. The van der Waals surface area contributed by atoms with Crippen molar-refractivity contribution in [2.45, 2.75) is 10.3 Å². The summed E-state index contributed by atoms with van der Waals surface area (Å²) in [5.74, 6) is 0.158. The van der Waals surface area contributed by atoms with Gasteiger partial charge in [-0.25, -0.2) is 9.97 Å². The van der Waals surface area contributed by atoms with Crippen molar-refractivity contribution in [1.82, 2.24) is 30.2 Å². The molecule has 0 aliphatic heterocycles. The molecule has 2 aromatic heterocycles. The van der Waals surface area contributed by atoms with Crippen molar-refractivity contribution in [2.75, 3.05) is 0 Å². The average Bonchev–Trinajstić information content (AvgIpc) is 2.96. The van der Waals surface area contributed by atoms with E-state index in [4.69, 9.17) is 5.26 Å². The van der Waals surface area contributed by atoms with Crippen LogP contribution in [0.1, 0.15) is 5.69 Å². The molecule has 1 aromatic carbocycles. The Balaban J connectivity index is 1.92. The molecule has 0 spiro atoms. The lowest BCUT2D eigenvalue weighted by atomic mass is 10.3. The molecular weight excluding hydrogens is 290 g/mol. The first-order valence-electron chi connectivity index (χ1n) is 5.75. The highest BCUT2D eigenvalue weighted by atomic mass is 32.2. The van der Waals surface area contributed by atoms with Gasteiger partial charge in [-0.3, -0.25) is 0 Å². The van der Waals surface area contributed by atoms with Crippen molar-refractivity contribution in [3.05, 3.63) is 42.2 Å². The predicted molar refractivity (Wildman–Crippen MR) is 71.7 cm³/mol. The van der Waals surface area contributed by atoms with Crippen LogP contribution in [-0.2, 0) is 0 Å². The van der Waals surface area contributed by atoms with Gasteiger partial charge in [0.25, 0.3) is 0 Å². The zero-order chi connectivity index (χ0) is 14.7. The van der Waals surface area contributed by atoms with Gasteiger partial charge in [0.15, 0.2) is 5.16 Å². The molecule has 3 rings (SSSR count). The molecule has 0 aliphatic carbocycles. The molecule has 21 heavy (non-hydrogen) atoms. The normalized spacial score (nSPS) is 10.2. The summed E-state index contributed by atoms with van der Waals surface area (Å²) in [5.41, 5.74) is 0.966. The second-order valence-electron chi connectivity index (χ2n) is 3.83. The standard InChI is InChI=1S/C12H7N7OS/c13-7-8-5-6-14-11(15-8)21-12-16-17-18-19(12)9-1-3-10(20)4-2-9/h1-6,20H. The van der Waals surface area contributed by atoms with E-state index in [1.54, 1.807) is 12.1 Å². The summed E-state index contributed by atoms with van der Waals surface area (Å²) in [4.78, 5) is 8.12. The van der Waals surface area contributed by atoms with Gasteiger partial charge >= 0.3 is 0 Å². The Labute approximate surface area is 123 Å². The molecule has 102 valence electrons. The quantitative estimate of drug-likeness (QED) is 0.717. The van der Waals surface area contributed by atoms with Gasteiger partial charge < -0.3 is 5.11 Å². The maximum Gasteiger partial charge on any atom is 0.221 e. The molecule has 1 N–H and O–H groups in total. The van der Waals surface area contributed by atoms with Crippen LogP contribution in [0.15, 0.2) is 46.8 Å². The van der Waals surface area contributed by atoms with E-state index >= 15 is 0 Å². The van der Waals surface area contributed by atoms with E-state index in [2.05, 4.69) is 25.5 Å². The summed E-state index contributed by atoms with van der Waals surface area (Å²) >= 11 is 1.14. The number of nitrogens with zero attached hydrogens (tertiary/aromatic N) is 7. The topological polar surface area (TPSA) is 113 Å². The first kappa shape index (κ1) is 13.0. The van der Waals surface area contributed by atoms with Crippen molar-refractivity contribution in [1.29, 1.82) is 5.26 Å². The van der Waals surface area contributed by atoms with E-state index in [1.807, 2.05) is 6.07 Å². The summed E-state index contributed by atoms with van der Waals surface area (Å²) in [5, 5.41) is 30.4. The molecule has 0 radical (unpaired) electrons. The first-order chi connectivity index (χ1) is 10.3. The van der Waals surface area contributed by atoms with Crippen LogP contribution in [0.5, 0.6) is 5.75 Å². The van der Waals surface area contributed by atoms with Crippen molar-refractivity contribution in [3.8, 4) is 17.5 Å². The van der Waals surface area contributed by atoms with Crippen molar-refractivity contribution < 1.29 is 5.11 Å². The van der Waals surface area contributed by atoms with Gasteiger partial charge in [0.2, 0.25) is 5.16 Å². The summed E-state index contributed by atoms with van der Waals surface area (Å²) in [6, 6.07) is 9.92. The predicted octanol–water partition coefficient (Wildman–Crippen LogP) is 1.18. The fraction of sp³-hybridized carbons (Fsp3) is 0. The van der Waals surface area contributed by atoms with Gasteiger partial charge in [-0.15, -0.1) is 5.10 Å². The minimum atomic E-state index is 0.158. The lowest BCUT2D eigenvalue weighted by Crippen LogP contribution is -1.99. The lowest BCUT2D eigenvalue weighted by molar-refractivity contribution is 0.475. The zero-order valence-electron chi connectivity index (χ0n) is 10.5. The highest BCUT2D eigenvalue weighted by molar-refractivity contribution is 7.99. The van der Waals surface area contributed by atoms with Crippen LogP contribution < -0.4 is 0 Å². The van der Waals surface area contributed by atoms with Gasteiger partial charge in [-0.05, 0) is 52.5 Å². The monoisotopic (exact) mass is 297 g/mol. The van der Waals surface area contributed by atoms with Crippen LogP contribution >= 0.6 is 11.8 Å². The van der Waals surface area contributed by atoms with Crippen LogP contribution in [0.2, 0.25) is 0 Å². The Hall–Kier alpha value is -2.99. The van der Waals surface area contributed by atoms with E-state index in [0.717, 1.165) is 11.8 Å². The van der Waals surface area contributed by atoms with Crippen LogP contribution in [-0.4, -0.2) is 35.3 Å². The lowest BCUT2D eigenvalue weighted by Gasteiger charge is -2.03. The van der Waals surface area contributed by atoms with Crippen molar-refractivity contribution >= 4 is 11.8 Å². The molecule has 2 heterocycles. The SMILES string of the molecule is N#Cc1ccnc(Sc2nnnn2-c2ccc(O)cc2)n1. The molecule has 0 saturated carbocycles. The van der Waals surface area contributed by atoms with Crippen LogP contribution in [0, 0.1) is 11.3 Å². The van der Waals surface area contributed by atoms with Gasteiger partial charge in [0.1, 0.15) is 17.5 Å². The number of hydrogen-bond donors (Lipinski definition) is 1. The molecule has 0 bridgehead atoms. The molecule has 8 nitrogen and oxygen atoms in total. The largest absolute Gasteiger partial charge is 0.508 e. The number of tetrazole rings is 1. The Kier molecular flexibility index (Phi) is 3.44. The molecule has 0 unspecified atom stereocenters. The maximum absolute atomic E-state index is 9.30. The number of phenolic OH excluding ortho intramolecular Hbond substituents is 1. The van der Waals surface area contributed by atoms with Gasteiger partial charge in [0, 0.05) is 6.20 Å². The number of nitriles is 1. The molecule has 0 saturated heterocycles. The summed E-state index contributed by atoms with van der Waals surface area (Å²) in [6.07, 6.45) is 1.50. The van der Waals surface area contributed by atoms with Crippen LogP contribution in [0.25, 0.3) is 5.69 Å². The third-order valence-corrected chi connectivity index (χ3v) is 3.28. The second-order valence-corrected chi connectivity index (χ2v) is 4.76. The molecule has 0 atom stereocenters. The maximum atomic E-state index is 9.30. The number of benzene rings is 1. The second kappa shape index (κ2) is 5.56. The number of hydrogen-bond acceptors (Lipinski definition) is 8. The highest BCUT2D eigenvalue weighted by Crippen LogP contribution is 2.24. The van der Waals surface area contributed by atoms with Gasteiger partial charge in [-0.2, -0.15) is 9.94 Å². The van der Waals surface area contributed by atoms with Crippen LogP contribution in [0.4, 0.5) is 0 Å². The Bertz CT molecular complexity index is 809. The number of phenols is 1. The number of aromatic hydroxyl groups is 1. The average molecular weight is 297 g/mol. The summed E-state index contributed by atoms with van der Waals surface area (Å²) in [7, 11) is 0. The number of aromatic nitrogens is 6. The Morgan fingerprint density at radius 3 is 2.76 bits per heavy atom. The third-order valence-electron chi connectivity index (χ3n) is 2.47. The minimum Gasteiger partial charge on any atom is -0.508 e. The Morgan fingerprint density at radius 2 is 2.00 bits per heavy atom. The van der Waals surface area contributed by atoms with E-state index in [1.165, 1.54) is 29.1 Å². The molecule has 9 heteroatoms. The molecule has 3 aromatic rings. The Morgan fingerprint density at radius 1 is 1.19 bits per heavy atom. The third kappa shape index (κ3) is 2.80.